The van der Waals surface area contributed by atoms with Gasteiger partial charge in [-0.05, 0) is 31.2 Å². The molecule has 8 nitrogen and oxygen atoms in total. The van der Waals surface area contributed by atoms with Gasteiger partial charge in [0.1, 0.15) is 5.75 Å². The maximum Gasteiger partial charge on any atom is 0.252 e. The number of aromatic nitrogens is 2. The van der Waals surface area contributed by atoms with Crippen molar-refractivity contribution in [3.63, 3.8) is 0 Å². The topological polar surface area (TPSA) is 115 Å². The quantitative estimate of drug-likeness (QED) is 0.220. The van der Waals surface area contributed by atoms with E-state index in [2.05, 4.69) is 30.7 Å². The third kappa shape index (κ3) is 4.60. The van der Waals surface area contributed by atoms with Gasteiger partial charge in [-0.1, -0.05) is 30.3 Å². The molecule has 1 heterocycles. The predicted molar refractivity (Wildman–Crippen MR) is 98.8 cm³/mol. The van der Waals surface area contributed by atoms with Crippen molar-refractivity contribution in [1.82, 2.24) is 9.97 Å². The zero-order valence-electron chi connectivity index (χ0n) is 13.9. The number of aromatic amines is 1. The Morgan fingerprint density at radius 1 is 1.12 bits per heavy atom. The van der Waals surface area contributed by atoms with E-state index in [9.17, 15) is 9.90 Å². The summed E-state index contributed by atoms with van der Waals surface area (Å²) in [5, 5.41) is 21.7. The molecule has 0 saturated carbocycles. The van der Waals surface area contributed by atoms with Gasteiger partial charge in [-0.15, -0.1) is 10.2 Å². The lowest BCUT2D eigenvalue weighted by atomic mass is 10.2. The number of anilines is 1. The van der Waals surface area contributed by atoms with Crippen LogP contribution < -0.4 is 11.0 Å². The molecule has 0 fully saturated rings. The van der Waals surface area contributed by atoms with E-state index in [1.54, 1.807) is 31.2 Å². The van der Waals surface area contributed by atoms with Gasteiger partial charge in [0.2, 0.25) is 11.8 Å². The fraction of sp³-hybridized carbons (Fsp3) is 0.0556. The van der Waals surface area contributed by atoms with E-state index in [4.69, 9.17) is 0 Å². The normalized spacial score (nSPS) is 11.7. The Hall–Kier alpha value is -3.81. The maximum atomic E-state index is 11.5. The average molecular weight is 348 g/mol. The van der Waals surface area contributed by atoms with E-state index in [0.717, 1.165) is 5.56 Å². The van der Waals surface area contributed by atoms with E-state index in [1.807, 2.05) is 30.3 Å². The van der Waals surface area contributed by atoms with Crippen LogP contribution in [0.25, 0.3) is 0 Å². The summed E-state index contributed by atoms with van der Waals surface area (Å²) in [6, 6.07) is 17.1. The highest BCUT2D eigenvalue weighted by Gasteiger charge is 2.03. The summed E-state index contributed by atoms with van der Waals surface area (Å²) in [6.07, 6.45) is 0. The second-order valence-electron chi connectivity index (χ2n) is 5.37. The number of hydrogen-bond acceptors (Lipinski definition) is 6. The Balaban J connectivity index is 1.90. The highest BCUT2D eigenvalue weighted by Crippen LogP contribution is 2.14. The summed E-state index contributed by atoms with van der Waals surface area (Å²) in [5.41, 5.74) is 4.51. The number of aromatic hydroxyl groups is 1. The number of aryl methyl sites for hydroxylation is 1. The van der Waals surface area contributed by atoms with Crippen LogP contribution >= 0.6 is 0 Å². The van der Waals surface area contributed by atoms with Crippen molar-refractivity contribution >= 4 is 17.5 Å². The molecule has 0 saturated heterocycles. The second kappa shape index (κ2) is 7.84. The van der Waals surface area contributed by atoms with E-state index in [0.29, 0.717) is 17.2 Å². The third-order valence-electron chi connectivity index (χ3n) is 3.29. The van der Waals surface area contributed by atoms with Crippen molar-refractivity contribution in [2.24, 2.45) is 15.3 Å². The number of nitrogens with zero attached hydrogens (tertiary/aromatic N) is 4. The summed E-state index contributed by atoms with van der Waals surface area (Å²) in [5.74, 6) is 0.572. The molecule has 2 aromatic carbocycles. The lowest BCUT2D eigenvalue weighted by molar-refractivity contribution is 0.475. The van der Waals surface area contributed by atoms with Gasteiger partial charge in [-0.3, -0.25) is 15.2 Å². The highest BCUT2D eigenvalue weighted by molar-refractivity contribution is 5.99. The third-order valence-corrected chi connectivity index (χ3v) is 3.29. The summed E-state index contributed by atoms with van der Waals surface area (Å²) in [6.45, 7) is 1.70. The van der Waals surface area contributed by atoms with Crippen molar-refractivity contribution < 1.29 is 5.11 Å². The zero-order chi connectivity index (χ0) is 18.4. The van der Waals surface area contributed by atoms with Gasteiger partial charge in [-0.25, -0.2) is 4.98 Å². The minimum atomic E-state index is -0.299. The first-order valence-electron chi connectivity index (χ1n) is 7.78. The van der Waals surface area contributed by atoms with Crippen molar-refractivity contribution in [1.29, 1.82) is 0 Å². The van der Waals surface area contributed by atoms with Gasteiger partial charge in [0.25, 0.3) is 5.56 Å². The Kier molecular flexibility index (Phi) is 5.14. The van der Waals surface area contributed by atoms with Crippen LogP contribution in [-0.4, -0.2) is 20.9 Å². The first-order valence-corrected chi connectivity index (χ1v) is 7.78. The molecule has 26 heavy (non-hydrogen) atoms. The highest BCUT2D eigenvalue weighted by atomic mass is 16.3. The van der Waals surface area contributed by atoms with Gasteiger partial charge >= 0.3 is 0 Å². The van der Waals surface area contributed by atoms with E-state index in [1.165, 1.54) is 6.07 Å². The molecule has 130 valence electrons. The van der Waals surface area contributed by atoms with Gasteiger partial charge in [0.15, 0.2) is 0 Å². The molecule has 0 spiro atoms. The molecule has 0 amide bonds. The number of amidine groups is 1. The smallest absolute Gasteiger partial charge is 0.252 e. The molecule has 0 unspecified atom stereocenters. The first kappa shape index (κ1) is 17.0. The Morgan fingerprint density at radius 3 is 2.54 bits per heavy atom. The lowest BCUT2D eigenvalue weighted by Gasteiger charge is -2.03. The number of hydrogen-bond donors (Lipinski definition) is 3. The van der Waals surface area contributed by atoms with Crippen LogP contribution in [0.3, 0.4) is 0 Å². The number of phenolic OH excluding ortho intramolecular Hbond substituents is 1. The fourth-order valence-electron chi connectivity index (χ4n) is 2.09. The zero-order valence-corrected chi connectivity index (χ0v) is 13.9. The number of nitrogens with one attached hydrogen (secondary N) is 2. The van der Waals surface area contributed by atoms with Crippen molar-refractivity contribution in [2.45, 2.75) is 6.92 Å². The number of phenols is 1. The van der Waals surface area contributed by atoms with Gasteiger partial charge < -0.3 is 5.11 Å². The molecule has 0 bridgehead atoms. The number of benzene rings is 2. The van der Waals surface area contributed by atoms with Crippen molar-refractivity contribution in [2.75, 3.05) is 5.43 Å². The monoisotopic (exact) mass is 348 g/mol. The second-order valence-corrected chi connectivity index (χ2v) is 5.37. The minimum absolute atomic E-state index is 0.100. The molecule has 0 aliphatic heterocycles. The molecule has 8 heteroatoms. The number of azo groups is 1. The number of rotatable bonds is 4. The Morgan fingerprint density at radius 2 is 1.85 bits per heavy atom. The molecule has 3 N–H and O–H groups in total. The van der Waals surface area contributed by atoms with Crippen molar-refractivity contribution in [3.8, 4) is 5.75 Å². The molecular formula is C18H16N6O2. The summed E-state index contributed by atoms with van der Waals surface area (Å²) in [7, 11) is 0. The molecule has 0 aliphatic rings. The molecule has 3 aromatic rings. The first-order chi connectivity index (χ1) is 12.6. The Labute approximate surface area is 149 Å². The van der Waals surface area contributed by atoms with Crippen LogP contribution in [0.5, 0.6) is 5.75 Å². The van der Waals surface area contributed by atoms with E-state index >= 15 is 0 Å². The van der Waals surface area contributed by atoms with Crippen LogP contribution in [0, 0.1) is 6.92 Å². The molecule has 3 rings (SSSR count). The lowest BCUT2D eigenvalue weighted by Crippen LogP contribution is -2.06. The summed E-state index contributed by atoms with van der Waals surface area (Å²) < 4.78 is 0. The van der Waals surface area contributed by atoms with Crippen molar-refractivity contribution in [3.05, 3.63) is 82.3 Å². The van der Waals surface area contributed by atoms with E-state index in [-0.39, 0.29) is 17.3 Å². The maximum absolute atomic E-state index is 11.5. The molecule has 0 radical (unpaired) electrons. The van der Waals surface area contributed by atoms with Crippen LogP contribution in [0.15, 0.2) is 80.8 Å². The largest absolute Gasteiger partial charge is 0.508 e. The van der Waals surface area contributed by atoms with Crippen LogP contribution in [0.4, 0.5) is 11.6 Å². The van der Waals surface area contributed by atoms with Crippen LogP contribution in [0.2, 0.25) is 0 Å². The molecular weight excluding hydrogens is 332 g/mol. The van der Waals surface area contributed by atoms with Gasteiger partial charge in [-0.2, -0.15) is 5.10 Å². The van der Waals surface area contributed by atoms with E-state index < -0.39 is 0 Å². The number of hydrazone groups is 1. The minimum Gasteiger partial charge on any atom is -0.508 e. The SMILES string of the molecule is Cc1cc(=O)[nH]c(N=NC(=NNc2ccc(O)cc2)c2ccccc2)n1. The van der Waals surface area contributed by atoms with Gasteiger partial charge in [0.05, 0.1) is 5.69 Å². The van der Waals surface area contributed by atoms with Gasteiger partial charge in [0, 0.05) is 17.3 Å². The van der Waals surface area contributed by atoms with Crippen LogP contribution in [-0.2, 0) is 0 Å². The molecule has 0 atom stereocenters. The average Bonchev–Trinajstić information content (AvgIpc) is 2.63. The predicted octanol–water partition coefficient (Wildman–Crippen LogP) is 3.34. The number of H-pyrrole nitrogens is 1. The summed E-state index contributed by atoms with van der Waals surface area (Å²) in [4.78, 5) is 18.1. The van der Waals surface area contributed by atoms with Crippen LogP contribution in [0.1, 0.15) is 11.3 Å². The molecule has 0 aliphatic carbocycles. The Bertz CT molecular complexity index is 994. The fourth-order valence-corrected chi connectivity index (χ4v) is 2.09. The summed E-state index contributed by atoms with van der Waals surface area (Å²) >= 11 is 0. The molecule has 1 aromatic heterocycles. The standard InChI is InChI=1S/C18H16N6O2/c1-12-11-16(26)20-18(19-12)24-23-17(13-5-3-2-4-6-13)22-21-14-7-9-15(25)10-8-14/h2-11,21,25H,1H3,(H,19,20,26).